The lowest BCUT2D eigenvalue weighted by atomic mass is 10.2. The Balaban J connectivity index is 2.28. The lowest BCUT2D eigenvalue weighted by Gasteiger charge is -2.23. The van der Waals surface area contributed by atoms with Crippen LogP contribution < -0.4 is 5.32 Å². The minimum atomic E-state index is -0.454. The highest BCUT2D eigenvalue weighted by molar-refractivity contribution is 5.87. The van der Waals surface area contributed by atoms with Gasteiger partial charge in [0.2, 0.25) is 6.29 Å². The van der Waals surface area contributed by atoms with Crippen LogP contribution in [0.1, 0.15) is 19.8 Å². The number of carbonyl (C=O) groups excluding carboxylic acids is 1. The first-order valence-electron chi connectivity index (χ1n) is 4.95. The van der Waals surface area contributed by atoms with Gasteiger partial charge in [0.15, 0.2) is 0 Å². The van der Waals surface area contributed by atoms with Crippen LogP contribution in [0.3, 0.4) is 0 Å². The van der Waals surface area contributed by atoms with E-state index in [0.29, 0.717) is 25.1 Å². The molecule has 0 radical (unpaired) electrons. The fraction of sp³-hybridized carbons (Fsp3) is 0.700. The van der Waals surface area contributed by atoms with Crippen molar-refractivity contribution in [3.63, 3.8) is 0 Å². The summed E-state index contributed by atoms with van der Waals surface area (Å²) in [5.74, 6) is -0.347. The summed E-state index contributed by atoms with van der Waals surface area (Å²) >= 11 is 0. The van der Waals surface area contributed by atoms with E-state index in [9.17, 15) is 4.79 Å². The van der Waals surface area contributed by atoms with E-state index in [0.717, 1.165) is 13.0 Å². The van der Waals surface area contributed by atoms with E-state index in [2.05, 4.69) is 11.9 Å². The molecule has 1 atom stereocenters. The maximum absolute atomic E-state index is 11.4. The van der Waals surface area contributed by atoms with Crippen LogP contribution in [-0.4, -0.2) is 32.0 Å². The van der Waals surface area contributed by atoms with Gasteiger partial charge in [-0.1, -0.05) is 19.9 Å². The lowest BCUT2D eigenvalue weighted by Crippen LogP contribution is -2.41. The Bertz CT molecular complexity index is 209. The molecular formula is C10H17NO3. The highest BCUT2D eigenvalue weighted by Gasteiger charge is 2.18. The van der Waals surface area contributed by atoms with E-state index in [1.807, 2.05) is 6.92 Å². The minimum Gasteiger partial charge on any atom is -0.431 e. The van der Waals surface area contributed by atoms with Gasteiger partial charge in [0.1, 0.15) is 0 Å². The van der Waals surface area contributed by atoms with Gasteiger partial charge in [0.05, 0.1) is 13.2 Å². The molecule has 80 valence electrons. The molecule has 4 nitrogen and oxygen atoms in total. The van der Waals surface area contributed by atoms with Gasteiger partial charge in [-0.05, 0) is 6.42 Å². The number of esters is 1. The van der Waals surface area contributed by atoms with E-state index in [1.54, 1.807) is 0 Å². The molecule has 1 rings (SSSR count). The monoisotopic (exact) mass is 199 g/mol. The van der Waals surface area contributed by atoms with E-state index in [4.69, 9.17) is 9.47 Å². The molecule has 1 saturated heterocycles. The Morgan fingerprint density at radius 3 is 3.07 bits per heavy atom. The van der Waals surface area contributed by atoms with Crippen molar-refractivity contribution in [3.8, 4) is 0 Å². The Morgan fingerprint density at radius 1 is 1.71 bits per heavy atom. The van der Waals surface area contributed by atoms with Crippen molar-refractivity contribution >= 4 is 5.97 Å². The Kier molecular flexibility index (Phi) is 4.62. The predicted octanol–water partition coefficient (Wildman–Crippen LogP) is 0.832. The van der Waals surface area contributed by atoms with Crippen LogP contribution >= 0.6 is 0 Å². The van der Waals surface area contributed by atoms with Crippen LogP contribution in [0.5, 0.6) is 0 Å². The van der Waals surface area contributed by atoms with Crippen LogP contribution in [0.15, 0.2) is 12.2 Å². The zero-order valence-electron chi connectivity index (χ0n) is 8.54. The van der Waals surface area contributed by atoms with Gasteiger partial charge in [-0.2, -0.15) is 0 Å². The van der Waals surface area contributed by atoms with Crippen LogP contribution in [0.25, 0.3) is 0 Å². The zero-order chi connectivity index (χ0) is 10.4. The van der Waals surface area contributed by atoms with E-state index >= 15 is 0 Å². The van der Waals surface area contributed by atoms with Crippen molar-refractivity contribution in [1.82, 2.24) is 5.32 Å². The molecule has 1 fully saturated rings. The molecule has 14 heavy (non-hydrogen) atoms. The molecule has 4 heteroatoms. The normalized spacial score (nSPS) is 21.6. The predicted molar refractivity (Wildman–Crippen MR) is 52.7 cm³/mol. The number of rotatable bonds is 4. The van der Waals surface area contributed by atoms with Crippen molar-refractivity contribution < 1.29 is 14.3 Å². The van der Waals surface area contributed by atoms with Crippen molar-refractivity contribution in [3.05, 3.63) is 12.2 Å². The summed E-state index contributed by atoms with van der Waals surface area (Å²) in [5, 5.41) is 3.08. The quantitative estimate of drug-likeness (QED) is 0.538. The maximum Gasteiger partial charge on any atom is 0.335 e. The third-order valence-corrected chi connectivity index (χ3v) is 1.97. The summed E-state index contributed by atoms with van der Waals surface area (Å²) < 4.78 is 10.3. The van der Waals surface area contributed by atoms with E-state index in [1.165, 1.54) is 0 Å². The molecule has 1 aliphatic heterocycles. The van der Waals surface area contributed by atoms with Gasteiger partial charge in [-0.15, -0.1) is 0 Å². The number of carbonyl (C=O) groups is 1. The first-order chi connectivity index (χ1) is 6.74. The Hall–Kier alpha value is -0.870. The summed E-state index contributed by atoms with van der Waals surface area (Å²) in [6.07, 6.45) is 1.13. The fourth-order valence-electron chi connectivity index (χ4n) is 1.22. The van der Waals surface area contributed by atoms with Gasteiger partial charge in [-0.3, -0.25) is 0 Å². The fourth-order valence-corrected chi connectivity index (χ4v) is 1.22. The average molecular weight is 199 g/mol. The SMILES string of the molecule is C=C(CCC)C(=O)OC1CNCCO1. The molecule has 0 spiro atoms. The van der Waals surface area contributed by atoms with Gasteiger partial charge in [0.25, 0.3) is 0 Å². The highest BCUT2D eigenvalue weighted by Crippen LogP contribution is 2.07. The van der Waals surface area contributed by atoms with Crippen LogP contribution in [0.2, 0.25) is 0 Å². The molecule has 1 heterocycles. The lowest BCUT2D eigenvalue weighted by molar-refractivity contribution is -0.178. The summed E-state index contributed by atoms with van der Waals surface area (Å²) in [6, 6.07) is 0. The zero-order valence-corrected chi connectivity index (χ0v) is 8.54. The molecule has 1 N–H and O–H groups in total. The summed E-state index contributed by atoms with van der Waals surface area (Å²) in [5.41, 5.74) is 0.515. The standard InChI is InChI=1S/C10H17NO3/c1-3-4-8(2)10(12)14-9-7-11-5-6-13-9/h9,11H,2-7H2,1H3. The Morgan fingerprint density at radius 2 is 2.50 bits per heavy atom. The second-order valence-corrected chi connectivity index (χ2v) is 3.26. The smallest absolute Gasteiger partial charge is 0.335 e. The molecule has 0 saturated carbocycles. The van der Waals surface area contributed by atoms with Crippen molar-refractivity contribution in [2.45, 2.75) is 26.1 Å². The number of ether oxygens (including phenoxy) is 2. The molecule has 0 aromatic heterocycles. The van der Waals surface area contributed by atoms with Crippen LogP contribution in [0.4, 0.5) is 0 Å². The first kappa shape index (κ1) is 11.2. The van der Waals surface area contributed by atoms with Gasteiger partial charge in [-0.25, -0.2) is 4.79 Å². The first-order valence-corrected chi connectivity index (χ1v) is 4.95. The average Bonchev–Trinajstić information content (AvgIpc) is 2.19. The van der Waals surface area contributed by atoms with Crippen LogP contribution in [0, 0.1) is 0 Å². The molecule has 0 aliphatic carbocycles. The number of hydrogen-bond donors (Lipinski definition) is 1. The highest BCUT2D eigenvalue weighted by atomic mass is 16.7. The number of hydrogen-bond acceptors (Lipinski definition) is 4. The van der Waals surface area contributed by atoms with Gasteiger partial charge >= 0.3 is 5.97 Å². The molecule has 1 unspecified atom stereocenters. The van der Waals surface area contributed by atoms with Crippen molar-refractivity contribution in [2.24, 2.45) is 0 Å². The summed E-state index contributed by atoms with van der Waals surface area (Å²) in [4.78, 5) is 11.4. The Labute approximate surface area is 84.3 Å². The third-order valence-electron chi connectivity index (χ3n) is 1.97. The molecule has 0 aromatic carbocycles. The summed E-state index contributed by atoms with van der Waals surface area (Å²) in [6.45, 7) is 7.61. The minimum absolute atomic E-state index is 0.347. The number of nitrogens with one attached hydrogen (secondary N) is 1. The molecule has 0 amide bonds. The second-order valence-electron chi connectivity index (χ2n) is 3.26. The maximum atomic E-state index is 11.4. The third kappa shape index (κ3) is 3.47. The molecule has 0 aromatic rings. The molecular weight excluding hydrogens is 182 g/mol. The largest absolute Gasteiger partial charge is 0.431 e. The molecule has 0 bridgehead atoms. The second kappa shape index (κ2) is 5.78. The van der Waals surface area contributed by atoms with Crippen LogP contribution in [-0.2, 0) is 14.3 Å². The number of morpholine rings is 1. The molecule has 1 aliphatic rings. The summed E-state index contributed by atoms with van der Waals surface area (Å²) in [7, 11) is 0. The van der Waals surface area contributed by atoms with Gasteiger partial charge in [0, 0.05) is 12.1 Å². The van der Waals surface area contributed by atoms with Crippen molar-refractivity contribution in [2.75, 3.05) is 19.7 Å². The van der Waals surface area contributed by atoms with Gasteiger partial charge < -0.3 is 14.8 Å². The topological polar surface area (TPSA) is 47.6 Å². The van der Waals surface area contributed by atoms with E-state index < -0.39 is 6.29 Å². The van der Waals surface area contributed by atoms with E-state index in [-0.39, 0.29) is 5.97 Å². The van der Waals surface area contributed by atoms with Crippen molar-refractivity contribution in [1.29, 1.82) is 0 Å².